The zero-order valence-electron chi connectivity index (χ0n) is 8.07. The highest BCUT2D eigenvalue weighted by Gasteiger charge is 2.12. The van der Waals surface area contributed by atoms with Gasteiger partial charge in [0.25, 0.3) is 0 Å². The van der Waals surface area contributed by atoms with Crippen LogP contribution in [0.25, 0.3) is 0 Å². The first-order chi connectivity index (χ1) is 6.84. The minimum absolute atomic E-state index is 0.0674. The van der Waals surface area contributed by atoms with Crippen molar-refractivity contribution < 1.29 is 22.6 Å². The molecule has 0 unspecified atom stereocenters. The van der Waals surface area contributed by atoms with Gasteiger partial charge in [-0.1, -0.05) is 36.4 Å². The molecule has 64 valence electrons. The first kappa shape index (κ1) is 7.56. The monoisotopic (exact) mass is 282 g/mol. The molecule has 0 aliphatic heterocycles. The van der Waals surface area contributed by atoms with Crippen LogP contribution >= 0.6 is 0 Å². The first-order valence-electron chi connectivity index (χ1n) is 4.61. The lowest BCUT2D eigenvalue weighted by atomic mass is 10.4. The fourth-order valence-corrected chi connectivity index (χ4v) is 3.25. The molecule has 0 N–H and O–H groups in total. The molecule has 1 heteroatoms. The highest BCUT2D eigenvalue weighted by Crippen LogP contribution is 1.85. The second-order valence-corrected chi connectivity index (χ2v) is 5.64. The smallest absolute Gasteiger partial charge is 0.0619 e. The maximum absolute atomic E-state index is 7.38. The molecule has 0 aromatic heterocycles. The number of hydrogen-bond donors (Lipinski definition) is 0. The van der Waals surface area contributed by atoms with E-state index < -0.39 is 0 Å². The third-order valence-corrected chi connectivity index (χ3v) is 4.31. The van der Waals surface area contributed by atoms with E-state index in [2.05, 4.69) is 36.4 Å². The highest BCUT2D eigenvalue weighted by atomic mass is 127. The maximum Gasteiger partial charge on any atom is 0.357 e. The minimum atomic E-state index is -0.0674. The van der Waals surface area contributed by atoms with E-state index in [1.54, 1.807) is 0 Å². The second-order valence-electron chi connectivity index (χ2n) is 2.61. The summed E-state index contributed by atoms with van der Waals surface area (Å²) in [6, 6.07) is 19.0. The Morgan fingerprint density at radius 3 is 1.92 bits per heavy atom. The molecular formula is C12H10I+. The van der Waals surface area contributed by atoms with Crippen molar-refractivity contribution in [3.63, 3.8) is 0 Å². The van der Waals surface area contributed by atoms with Gasteiger partial charge in [0.1, 0.15) is 0 Å². The van der Waals surface area contributed by atoms with Crippen LogP contribution in [0.3, 0.4) is 0 Å². The number of benzene rings is 2. The Morgan fingerprint density at radius 2 is 1.31 bits per heavy atom. The Labute approximate surface area is 90.3 Å². The van der Waals surface area contributed by atoms with Gasteiger partial charge in [0.2, 0.25) is 0 Å². The average molecular weight is 282 g/mol. The topological polar surface area (TPSA) is 0 Å². The summed E-state index contributed by atoms with van der Waals surface area (Å²) < 4.78 is 10.2. The molecule has 0 radical (unpaired) electrons. The lowest BCUT2D eigenvalue weighted by Crippen LogP contribution is -3.61. The van der Waals surface area contributed by atoms with Crippen molar-refractivity contribution >= 4 is 0 Å². The Kier molecular flexibility index (Phi) is 2.57. The van der Waals surface area contributed by atoms with Gasteiger partial charge in [-0.2, -0.15) is 0 Å². The summed E-state index contributed by atoms with van der Waals surface area (Å²) in [7, 11) is 0. The van der Waals surface area contributed by atoms with Crippen LogP contribution in [0.2, 0.25) is 0 Å². The molecule has 0 fully saturated rings. The van der Waals surface area contributed by atoms with Gasteiger partial charge in [-0.15, -0.1) is 0 Å². The molecule has 0 heterocycles. The second kappa shape index (κ2) is 4.42. The zero-order valence-corrected chi connectivity index (χ0v) is 9.23. The van der Waals surface area contributed by atoms with Crippen LogP contribution in [0.5, 0.6) is 0 Å². The van der Waals surface area contributed by atoms with Crippen LogP contribution < -0.4 is 21.2 Å². The normalized spacial score (nSPS) is 10.9. The third-order valence-electron chi connectivity index (χ3n) is 1.63. The molecular weight excluding hydrogens is 271 g/mol. The van der Waals surface area contributed by atoms with Crippen LogP contribution in [-0.2, 0) is 0 Å². The SMILES string of the molecule is [2H]c1ccc([I+]c2ccccc2)cc1. The molecule has 2 aromatic carbocycles. The van der Waals surface area contributed by atoms with Crippen molar-refractivity contribution in [3.8, 4) is 0 Å². The van der Waals surface area contributed by atoms with Gasteiger partial charge >= 0.3 is 21.2 Å². The summed E-state index contributed by atoms with van der Waals surface area (Å²) in [5, 5.41) is 0. The summed E-state index contributed by atoms with van der Waals surface area (Å²) in [6.07, 6.45) is 0. The van der Waals surface area contributed by atoms with Gasteiger partial charge in [0, 0.05) is 0 Å². The van der Waals surface area contributed by atoms with E-state index in [-0.39, 0.29) is 21.2 Å². The summed E-state index contributed by atoms with van der Waals surface area (Å²) in [4.78, 5) is 0. The number of rotatable bonds is 2. The summed E-state index contributed by atoms with van der Waals surface area (Å²) in [5.74, 6) is 0. The van der Waals surface area contributed by atoms with Crippen LogP contribution in [0.15, 0.2) is 60.6 Å². The Morgan fingerprint density at radius 1 is 0.769 bits per heavy atom. The summed E-state index contributed by atoms with van der Waals surface area (Å²) in [5.41, 5.74) is 0. The average Bonchev–Trinajstić information content (AvgIpc) is 2.23. The predicted octanol–water partition coefficient (Wildman–Crippen LogP) is -0.185. The van der Waals surface area contributed by atoms with E-state index in [9.17, 15) is 0 Å². The van der Waals surface area contributed by atoms with Gasteiger partial charge in [-0.3, -0.25) is 0 Å². The van der Waals surface area contributed by atoms with E-state index in [4.69, 9.17) is 1.37 Å². The first-order valence-corrected chi connectivity index (χ1v) is 6.27. The van der Waals surface area contributed by atoms with Crippen molar-refractivity contribution in [1.82, 2.24) is 0 Å². The van der Waals surface area contributed by atoms with Crippen LogP contribution in [0.1, 0.15) is 1.37 Å². The molecule has 0 saturated heterocycles. The van der Waals surface area contributed by atoms with Gasteiger partial charge < -0.3 is 0 Å². The standard InChI is InChI=1S/C12H10I/c1-3-7-11(8-4-1)13-12-9-5-2-6-10-12/h1-10H/q+1/i1D. The molecule has 0 bridgehead atoms. The highest BCUT2D eigenvalue weighted by molar-refractivity contribution is 5.02. The van der Waals surface area contributed by atoms with Crippen molar-refractivity contribution in [1.29, 1.82) is 0 Å². The molecule has 0 spiro atoms. The van der Waals surface area contributed by atoms with Gasteiger partial charge in [-0.05, 0) is 24.3 Å². The fraction of sp³-hybridized carbons (Fsp3) is 0. The zero-order chi connectivity index (χ0) is 9.80. The van der Waals surface area contributed by atoms with Crippen molar-refractivity contribution in [3.05, 3.63) is 67.8 Å². The quantitative estimate of drug-likeness (QED) is 0.670. The maximum atomic E-state index is 7.38. The van der Waals surface area contributed by atoms with Gasteiger partial charge in [0.15, 0.2) is 7.14 Å². The molecule has 0 amide bonds. The largest absolute Gasteiger partial charge is 0.357 e. The lowest BCUT2D eigenvalue weighted by molar-refractivity contribution is -0.597. The molecule has 2 rings (SSSR count). The lowest BCUT2D eigenvalue weighted by Gasteiger charge is -1.84. The molecule has 0 aliphatic carbocycles. The van der Waals surface area contributed by atoms with E-state index in [1.165, 1.54) is 7.14 Å². The van der Waals surface area contributed by atoms with E-state index >= 15 is 0 Å². The van der Waals surface area contributed by atoms with Crippen molar-refractivity contribution in [2.75, 3.05) is 0 Å². The van der Waals surface area contributed by atoms with E-state index in [1.807, 2.05) is 18.2 Å². The van der Waals surface area contributed by atoms with Crippen molar-refractivity contribution in [2.45, 2.75) is 0 Å². The van der Waals surface area contributed by atoms with E-state index in [0.717, 1.165) is 0 Å². The van der Waals surface area contributed by atoms with Crippen LogP contribution in [0, 0.1) is 7.14 Å². The summed E-state index contributed by atoms with van der Waals surface area (Å²) in [6.45, 7) is 0. The van der Waals surface area contributed by atoms with Gasteiger partial charge in [0.05, 0.1) is 1.37 Å². The number of halogens is 1. The Hall–Kier alpha value is -0.830. The molecule has 0 atom stereocenters. The van der Waals surface area contributed by atoms with Crippen molar-refractivity contribution in [2.24, 2.45) is 0 Å². The number of hydrogen-bond acceptors (Lipinski definition) is 0. The Bertz CT molecular complexity index is 394. The minimum Gasteiger partial charge on any atom is -0.0619 e. The molecule has 0 saturated carbocycles. The molecule has 2 aromatic rings. The van der Waals surface area contributed by atoms with Crippen LogP contribution in [0.4, 0.5) is 0 Å². The fourth-order valence-electron chi connectivity index (χ4n) is 1.03. The van der Waals surface area contributed by atoms with E-state index in [0.29, 0.717) is 6.04 Å². The van der Waals surface area contributed by atoms with Gasteiger partial charge in [-0.25, -0.2) is 0 Å². The molecule has 0 nitrogen and oxygen atoms in total. The predicted molar refractivity (Wildman–Crippen MR) is 50.3 cm³/mol. The molecule has 13 heavy (non-hydrogen) atoms. The Balaban J connectivity index is 2.16. The third kappa shape index (κ3) is 2.56. The summed E-state index contributed by atoms with van der Waals surface area (Å²) >= 11 is -0.0674. The molecule has 0 aliphatic rings. The van der Waals surface area contributed by atoms with Crippen LogP contribution in [-0.4, -0.2) is 0 Å².